The minimum atomic E-state index is -0.824. The molecule has 0 saturated carbocycles. The van der Waals surface area contributed by atoms with Gasteiger partial charge in [-0.05, 0) is 39.0 Å². The van der Waals surface area contributed by atoms with Crippen LogP contribution >= 0.6 is 11.8 Å². The standard InChI is InChI=1S/C17H17FN6O4S/c1-17(2,3)28-16(25)21-12-7-10(5-6-11(12)18)23(4)15-20-8-13(24(26)27)14(22-15)29-9-19/h5-8H,1-4H3,(H,21,25). The van der Waals surface area contributed by atoms with E-state index in [4.69, 9.17) is 10.00 Å². The van der Waals surface area contributed by atoms with Crippen molar-refractivity contribution in [3.05, 3.63) is 40.3 Å². The van der Waals surface area contributed by atoms with Crippen molar-refractivity contribution in [2.75, 3.05) is 17.3 Å². The van der Waals surface area contributed by atoms with Crippen molar-refractivity contribution in [1.29, 1.82) is 5.26 Å². The van der Waals surface area contributed by atoms with Gasteiger partial charge >= 0.3 is 11.8 Å². The normalized spacial score (nSPS) is 10.8. The Hall–Kier alpha value is -3.46. The summed E-state index contributed by atoms with van der Waals surface area (Å²) in [5, 5.41) is 23.8. The molecule has 0 fully saturated rings. The van der Waals surface area contributed by atoms with Gasteiger partial charge in [0, 0.05) is 24.5 Å². The van der Waals surface area contributed by atoms with E-state index in [1.165, 1.54) is 17.0 Å². The van der Waals surface area contributed by atoms with Crippen LogP contribution < -0.4 is 10.2 Å². The lowest BCUT2D eigenvalue weighted by Gasteiger charge is -2.21. The number of amides is 1. The number of nitriles is 1. The van der Waals surface area contributed by atoms with Crippen LogP contribution in [0, 0.1) is 26.6 Å². The fourth-order valence-electron chi connectivity index (χ4n) is 2.10. The maximum atomic E-state index is 14.1. The molecule has 0 bridgehead atoms. The molecule has 1 N–H and O–H groups in total. The highest BCUT2D eigenvalue weighted by atomic mass is 32.2. The summed E-state index contributed by atoms with van der Waals surface area (Å²) in [4.78, 5) is 31.6. The van der Waals surface area contributed by atoms with Crippen molar-refractivity contribution in [2.45, 2.75) is 31.4 Å². The molecule has 1 heterocycles. The zero-order valence-corrected chi connectivity index (χ0v) is 16.8. The van der Waals surface area contributed by atoms with Gasteiger partial charge in [0.25, 0.3) is 0 Å². The third kappa shape index (κ3) is 5.76. The second-order valence-electron chi connectivity index (χ2n) is 6.66. The molecule has 0 radical (unpaired) electrons. The highest BCUT2D eigenvalue weighted by molar-refractivity contribution is 8.03. The third-order valence-corrected chi connectivity index (χ3v) is 3.92. The first-order chi connectivity index (χ1) is 13.5. The second-order valence-corrected chi connectivity index (χ2v) is 7.43. The van der Waals surface area contributed by atoms with Crippen molar-refractivity contribution in [3.63, 3.8) is 0 Å². The summed E-state index contributed by atoms with van der Waals surface area (Å²) in [5.74, 6) is -0.637. The molecule has 2 rings (SSSR count). The third-order valence-electron chi connectivity index (χ3n) is 3.33. The Morgan fingerprint density at radius 1 is 1.45 bits per heavy atom. The molecule has 2 aromatic rings. The zero-order valence-electron chi connectivity index (χ0n) is 16.0. The van der Waals surface area contributed by atoms with Crippen LogP contribution in [0.4, 0.5) is 32.2 Å². The van der Waals surface area contributed by atoms with E-state index < -0.39 is 28.1 Å². The summed E-state index contributed by atoms with van der Waals surface area (Å²) in [6, 6.07) is 3.88. The van der Waals surface area contributed by atoms with Crippen molar-refractivity contribution in [2.24, 2.45) is 0 Å². The number of nitro groups is 1. The number of thioether (sulfide) groups is 1. The first-order valence-electron chi connectivity index (χ1n) is 8.12. The van der Waals surface area contributed by atoms with Gasteiger partial charge in [0.15, 0.2) is 5.03 Å². The number of aromatic nitrogens is 2. The number of hydrogen-bond donors (Lipinski definition) is 1. The van der Waals surface area contributed by atoms with E-state index in [9.17, 15) is 19.3 Å². The van der Waals surface area contributed by atoms with Gasteiger partial charge in [0.05, 0.1) is 10.6 Å². The minimum Gasteiger partial charge on any atom is -0.444 e. The van der Waals surface area contributed by atoms with Crippen molar-refractivity contribution in [3.8, 4) is 5.40 Å². The molecule has 10 nitrogen and oxygen atoms in total. The zero-order chi connectivity index (χ0) is 21.8. The van der Waals surface area contributed by atoms with Crippen molar-refractivity contribution >= 4 is 40.9 Å². The van der Waals surface area contributed by atoms with Gasteiger partial charge in [-0.3, -0.25) is 15.4 Å². The summed E-state index contributed by atoms with van der Waals surface area (Å²) in [7, 11) is 1.55. The molecule has 12 heteroatoms. The number of benzene rings is 1. The number of rotatable bonds is 5. The minimum absolute atomic E-state index is 0.0446. The summed E-state index contributed by atoms with van der Waals surface area (Å²) < 4.78 is 19.2. The first-order valence-corrected chi connectivity index (χ1v) is 8.94. The number of nitrogens with one attached hydrogen (secondary N) is 1. The molecule has 0 spiro atoms. The summed E-state index contributed by atoms with van der Waals surface area (Å²) in [5.41, 5.74) is -0.896. The number of nitrogens with zero attached hydrogens (tertiary/aromatic N) is 5. The SMILES string of the molecule is CN(c1ccc(F)c(NC(=O)OC(C)(C)C)c1)c1ncc([N+](=O)[O-])c(SC#N)n1. The highest BCUT2D eigenvalue weighted by Gasteiger charge is 2.21. The van der Waals surface area contributed by atoms with E-state index >= 15 is 0 Å². The monoisotopic (exact) mass is 420 g/mol. The van der Waals surface area contributed by atoms with Crippen molar-refractivity contribution in [1.82, 2.24) is 9.97 Å². The van der Waals surface area contributed by atoms with Crippen LogP contribution in [-0.2, 0) is 4.74 Å². The molecule has 1 amide bonds. The Balaban J connectivity index is 2.33. The van der Waals surface area contributed by atoms with E-state index in [0.717, 1.165) is 12.3 Å². The average Bonchev–Trinajstić information content (AvgIpc) is 2.61. The van der Waals surface area contributed by atoms with Crippen LogP contribution in [0.3, 0.4) is 0 Å². The van der Waals surface area contributed by atoms with Gasteiger partial charge in [-0.1, -0.05) is 0 Å². The number of carbonyl (C=O) groups excluding carboxylic acids is 1. The highest BCUT2D eigenvalue weighted by Crippen LogP contribution is 2.30. The molecular formula is C17H17FN6O4S. The Morgan fingerprint density at radius 3 is 2.72 bits per heavy atom. The fourth-order valence-corrected chi connectivity index (χ4v) is 2.55. The van der Waals surface area contributed by atoms with Crippen LogP contribution in [0.25, 0.3) is 0 Å². The molecular weight excluding hydrogens is 403 g/mol. The predicted molar refractivity (Wildman–Crippen MR) is 104 cm³/mol. The molecule has 0 aliphatic heterocycles. The van der Waals surface area contributed by atoms with Crippen LogP contribution in [0.15, 0.2) is 29.4 Å². The Bertz CT molecular complexity index is 989. The lowest BCUT2D eigenvalue weighted by Crippen LogP contribution is -2.27. The van der Waals surface area contributed by atoms with E-state index in [1.54, 1.807) is 33.2 Å². The number of carbonyl (C=O) groups is 1. The number of ether oxygens (including phenoxy) is 1. The molecule has 0 atom stereocenters. The smallest absolute Gasteiger partial charge is 0.412 e. The van der Waals surface area contributed by atoms with E-state index in [1.807, 2.05) is 0 Å². The average molecular weight is 420 g/mol. The van der Waals surface area contributed by atoms with Gasteiger partial charge in [0.2, 0.25) is 5.95 Å². The molecule has 29 heavy (non-hydrogen) atoms. The quantitative estimate of drug-likeness (QED) is 0.248. The molecule has 0 aliphatic carbocycles. The van der Waals surface area contributed by atoms with E-state index in [-0.39, 0.29) is 16.7 Å². The van der Waals surface area contributed by atoms with Crippen molar-refractivity contribution < 1.29 is 18.8 Å². The summed E-state index contributed by atoms with van der Waals surface area (Å²) >= 11 is 0.529. The van der Waals surface area contributed by atoms with Gasteiger partial charge in [-0.15, -0.1) is 0 Å². The summed E-state index contributed by atoms with van der Waals surface area (Å²) in [6.07, 6.45) is 0.164. The predicted octanol–water partition coefficient (Wildman–Crippen LogP) is 4.21. The molecule has 152 valence electrons. The topological polar surface area (TPSA) is 134 Å². The lowest BCUT2D eigenvalue weighted by atomic mass is 10.2. The van der Waals surface area contributed by atoms with E-state index in [2.05, 4.69) is 15.3 Å². The van der Waals surface area contributed by atoms with Crippen LogP contribution in [0.2, 0.25) is 0 Å². The number of hydrogen-bond acceptors (Lipinski definition) is 9. The Kier molecular flexibility index (Phi) is 6.55. The first kappa shape index (κ1) is 21.8. The van der Waals surface area contributed by atoms with Crippen LogP contribution in [-0.4, -0.2) is 33.6 Å². The number of halogens is 1. The van der Waals surface area contributed by atoms with Gasteiger partial charge in [-0.25, -0.2) is 14.2 Å². The van der Waals surface area contributed by atoms with Gasteiger partial charge in [-0.2, -0.15) is 10.2 Å². The summed E-state index contributed by atoms with van der Waals surface area (Å²) in [6.45, 7) is 5.03. The maximum Gasteiger partial charge on any atom is 0.412 e. The van der Waals surface area contributed by atoms with Crippen LogP contribution in [0.1, 0.15) is 20.8 Å². The van der Waals surface area contributed by atoms with Crippen LogP contribution in [0.5, 0.6) is 0 Å². The Labute approximate surface area is 169 Å². The molecule has 1 aromatic carbocycles. The van der Waals surface area contributed by atoms with Gasteiger partial charge < -0.3 is 9.64 Å². The maximum absolute atomic E-state index is 14.1. The fraction of sp³-hybridized carbons (Fsp3) is 0.294. The Morgan fingerprint density at radius 2 is 2.14 bits per heavy atom. The lowest BCUT2D eigenvalue weighted by molar-refractivity contribution is -0.388. The molecule has 0 saturated heterocycles. The number of thiocyanates is 1. The largest absolute Gasteiger partial charge is 0.444 e. The van der Waals surface area contributed by atoms with Gasteiger partial charge in [0.1, 0.15) is 23.0 Å². The molecule has 0 aliphatic rings. The number of anilines is 3. The second kappa shape index (κ2) is 8.70. The molecule has 0 unspecified atom stereocenters. The van der Waals surface area contributed by atoms with E-state index in [0.29, 0.717) is 17.4 Å². The molecule has 1 aromatic heterocycles.